The zero-order valence-electron chi connectivity index (χ0n) is 11.2. The molecule has 1 heterocycles. The summed E-state index contributed by atoms with van der Waals surface area (Å²) < 4.78 is 0. The Labute approximate surface area is 121 Å². The molecule has 0 unspecified atom stereocenters. The van der Waals surface area contributed by atoms with Gasteiger partial charge in [-0.25, -0.2) is 0 Å². The van der Waals surface area contributed by atoms with E-state index >= 15 is 0 Å². The third-order valence-corrected chi connectivity index (χ3v) is 3.86. The van der Waals surface area contributed by atoms with Crippen molar-refractivity contribution in [3.05, 3.63) is 65.4 Å². The Morgan fingerprint density at radius 1 is 0.762 bits per heavy atom. The second-order valence-corrected chi connectivity index (χ2v) is 5.05. The molecule has 2 aromatic carbocycles. The van der Waals surface area contributed by atoms with Crippen LogP contribution in [0.1, 0.15) is 22.7 Å². The molecule has 0 aliphatic heterocycles. The van der Waals surface area contributed by atoms with Gasteiger partial charge in [0.2, 0.25) is 5.95 Å². The lowest BCUT2D eigenvalue weighted by Crippen LogP contribution is -2.11. The molecule has 0 atom stereocenters. The van der Waals surface area contributed by atoms with Crippen molar-refractivity contribution in [3.63, 3.8) is 0 Å². The van der Waals surface area contributed by atoms with Gasteiger partial charge in [0.25, 0.3) is 0 Å². The fourth-order valence-corrected chi connectivity index (χ4v) is 3.02. The second-order valence-electron chi connectivity index (χ2n) is 5.05. The molecule has 4 rings (SSSR count). The van der Waals surface area contributed by atoms with Crippen LogP contribution < -0.4 is 11.5 Å². The summed E-state index contributed by atoms with van der Waals surface area (Å²) in [5.41, 5.74) is 17.0. The number of anilines is 2. The zero-order chi connectivity index (χ0) is 14.4. The minimum atomic E-state index is -0.0435. The van der Waals surface area contributed by atoms with E-state index in [-0.39, 0.29) is 11.9 Å². The predicted octanol–water partition coefficient (Wildman–Crippen LogP) is 2.20. The van der Waals surface area contributed by atoms with Crippen molar-refractivity contribution in [2.45, 2.75) is 5.92 Å². The largest absolute Gasteiger partial charge is 0.382 e. The molecule has 21 heavy (non-hydrogen) atoms. The molecule has 1 aliphatic rings. The van der Waals surface area contributed by atoms with Crippen LogP contribution in [0.4, 0.5) is 11.8 Å². The van der Waals surface area contributed by atoms with Crippen LogP contribution in [-0.2, 0) is 0 Å². The Hall–Kier alpha value is -2.95. The second kappa shape index (κ2) is 4.28. The number of fused-ring (bicyclic) bond motifs is 3. The van der Waals surface area contributed by atoms with E-state index in [0.717, 1.165) is 0 Å². The molecule has 3 aromatic rings. The highest BCUT2D eigenvalue weighted by Crippen LogP contribution is 2.47. The topological polar surface area (TPSA) is 90.7 Å². The number of rotatable bonds is 1. The average molecular weight is 275 g/mol. The van der Waals surface area contributed by atoms with Crippen LogP contribution in [0.2, 0.25) is 0 Å². The van der Waals surface area contributed by atoms with Crippen LogP contribution in [-0.4, -0.2) is 15.2 Å². The standard InChI is InChI=1S/C16H13N5/c17-15-14(20-21-16(18)19-15)13-11-7-3-1-5-9(11)10-6-2-4-8-12(10)13/h1-8,13H,(H4,17,18,19,21). The summed E-state index contributed by atoms with van der Waals surface area (Å²) in [6, 6.07) is 16.5. The Morgan fingerprint density at radius 3 is 1.90 bits per heavy atom. The minimum Gasteiger partial charge on any atom is -0.382 e. The van der Waals surface area contributed by atoms with Crippen LogP contribution in [0, 0.1) is 0 Å². The number of benzene rings is 2. The molecule has 0 bridgehead atoms. The fraction of sp³-hybridized carbons (Fsp3) is 0.0625. The first-order valence-electron chi connectivity index (χ1n) is 6.69. The van der Waals surface area contributed by atoms with Gasteiger partial charge in [-0.1, -0.05) is 48.5 Å². The molecule has 0 radical (unpaired) electrons. The van der Waals surface area contributed by atoms with Crippen LogP contribution in [0.5, 0.6) is 0 Å². The Balaban J connectivity index is 2.01. The van der Waals surface area contributed by atoms with Crippen molar-refractivity contribution in [3.8, 4) is 11.1 Å². The molecule has 0 spiro atoms. The van der Waals surface area contributed by atoms with E-state index in [0.29, 0.717) is 11.5 Å². The van der Waals surface area contributed by atoms with Crippen LogP contribution in [0.3, 0.4) is 0 Å². The van der Waals surface area contributed by atoms with Crippen molar-refractivity contribution in [2.24, 2.45) is 0 Å². The van der Waals surface area contributed by atoms with E-state index in [1.54, 1.807) is 0 Å². The third-order valence-electron chi connectivity index (χ3n) is 3.86. The summed E-state index contributed by atoms with van der Waals surface area (Å²) in [5.74, 6) is 0.382. The van der Waals surface area contributed by atoms with Crippen LogP contribution in [0.15, 0.2) is 48.5 Å². The van der Waals surface area contributed by atoms with Gasteiger partial charge in [-0.15, -0.1) is 10.2 Å². The molecule has 0 saturated heterocycles. The van der Waals surface area contributed by atoms with Crippen molar-refractivity contribution in [2.75, 3.05) is 11.5 Å². The number of aromatic nitrogens is 3. The smallest absolute Gasteiger partial charge is 0.242 e. The van der Waals surface area contributed by atoms with Gasteiger partial charge >= 0.3 is 0 Å². The molecule has 5 heteroatoms. The molecular weight excluding hydrogens is 262 g/mol. The summed E-state index contributed by atoms with van der Waals surface area (Å²) in [4.78, 5) is 4.05. The number of nitrogen functional groups attached to an aromatic ring is 2. The lowest BCUT2D eigenvalue weighted by Gasteiger charge is -2.13. The van der Waals surface area contributed by atoms with E-state index in [1.165, 1.54) is 22.3 Å². The van der Waals surface area contributed by atoms with Crippen molar-refractivity contribution in [1.82, 2.24) is 15.2 Å². The molecule has 0 amide bonds. The highest BCUT2D eigenvalue weighted by atomic mass is 15.2. The van der Waals surface area contributed by atoms with Gasteiger partial charge in [-0.2, -0.15) is 4.98 Å². The lowest BCUT2D eigenvalue weighted by molar-refractivity contribution is 0.856. The number of hydrogen-bond donors (Lipinski definition) is 2. The van der Waals surface area contributed by atoms with Crippen molar-refractivity contribution in [1.29, 1.82) is 0 Å². The number of hydrogen-bond acceptors (Lipinski definition) is 5. The predicted molar refractivity (Wildman–Crippen MR) is 81.5 cm³/mol. The molecule has 1 aliphatic carbocycles. The van der Waals surface area contributed by atoms with Gasteiger partial charge < -0.3 is 11.5 Å². The summed E-state index contributed by atoms with van der Waals surface area (Å²) in [5, 5.41) is 8.06. The number of nitrogens with two attached hydrogens (primary N) is 2. The molecule has 4 N–H and O–H groups in total. The first-order chi connectivity index (χ1) is 10.3. The normalized spacial score (nSPS) is 13.0. The minimum absolute atomic E-state index is 0.0435. The van der Waals surface area contributed by atoms with E-state index in [2.05, 4.69) is 39.4 Å². The van der Waals surface area contributed by atoms with Gasteiger partial charge in [0, 0.05) is 0 Å². The van der Waals surface area contributed by atoms with Crippen LogP contribution in [0.25, 0.3) is 11.1 Å². The molecule has 0 fully saturated rings. The number of nitrogens with zero attached hydrogens (tertiary/aromatic N) is 3. The van der Waals surface area contributed by atoms with Gasteiger partial charge in [0.1, 0.15) is 5.69 Å². The highest BCUT2D eigenvalue weighted by Gasteiger charge is 2.32. The van der Waals surface area contributed by atoms with E-state index in [9.17, 15) is 0 Å². The van der Waals surface area contributed by atoms with Gasteiger partial charge in [0.15, 0.2) is 5.82 Å². The van der Waals surface area contributed by atoms with Crippen molar-refractivity contribution < 1.29 is 0 Å². The quantitative estimate of drug-likeness (QED) is 0.555. The maximum atomic E-state index is 6.02. The Kier molecular flexibility index (Phi) is 2.41. The zero-order valence-corrected chi connectivity index (χ0v) is 11.2. The SMILES string of the molecule is Nc1nnc(C2c3ccccc3-c3ccccc32)c(N)n1. The molecular formula is C16H13N5. The maximum Gasteiger partial charge on any atom is 0.242 e. The summed E-state index contributed by atoms with van der Waals surface area (Å²) in [6.07, 6.45) is 0. The first-order valence-corrected chi connectivity index (χ1v) is 6.69. The average Bonchev–Trinajstić information content (AvgIpc) is 2.82. The van der Waals surface area contributed by atoms with Crippen molar-refractivity contribution >= 4 is 11.8 Å². The highest BCUT2D eigenvalue weighted by molar-refractivity contribution is 5.80. The van der Waals surface area contributed by atoms with Gasteiger partial charge in [-0.3, -0.25) is 0 Å². The van der Waals surface area contributed by atoms with Crippen LogP contribution >= 0.6 is 0 Å². The van der Waals surface area contributed by atoms with E-state index in [1.807, 2.05) is 24.3 Å². The summed E-state index contributed by atoms with van der Waals surface area (Å²) >= 11 is 0. The van der Waals surface area contributed by atoms with E-state index < -0.39 is 0 Å². The van der Waals surface area contributed by atoms with Gasteiger partial charge in [0.05, 0.1) is 5.92 Å². The third kappa shape index (κ3) is 1.67. The Bertz CT molecular complexity index is 798. The first kappa shape index (κ1) is 11.8. The monoisotopic (exact) mass is 275 g/mol. The van der Waals surface area contributed by atoms with E-state index in [4.69, 9.17) is 11.5 Å². The Morgan fingerprint density at radius 2 is 1.33 bits per heavy atom. The molecule has 102 valence electrons. The summed E-state index contributed by atoms with van der Waals surface area (Å²) in [6.45, 7) is 0. The summed E-state index contributed by atoms with van der Waals surface area (Å²) in [7, 11) is 0. The molecule has 0 saturated carbocycles. The molecule has 5 nitrogen and oxygen atoms in total. The lowest BCUT2D eigenvalue weighted by atomic mass is 9.93. The molecule has 1 aromatic heterocycles. The van der Waals surface area contributed by atoms with Gasteiger partial charge in [-0.05, 0) is 22.3 Å². The fourth-order valence-electron chi connectivity index (χ4n) is 3.02. The maximum absolute atomic E-state index is 6.02.